The molecule has 1 heterocycles. The second-order valence-electron chi connectivity index (χ2n) is 10.4. The fourth-order valence-electron chi connectivity index (χ4n) is 4.68. The predicted molar refractivity (Wildman–Crippen MR) is 140 cm³/mol. The van der Waals surface area contributed by atoms with Gasteiger partial charge in [-0.2, -0.15) is 0 Å². The average Bonchev–Trinajstić information content (AvgIpc) is 3.61. The Balaban J connectivity index is 1.42. The Morgan fingerprint density at radius 3 is 2.33 bits per heavy atom. The minimum atomic E-state index is -3.80. The number of halogens is 3. The molecule has 1 saturated heterocycles. The molecule has 6 nitrogen and oxygen atoms in total. The van der Waals surface area contributed by atoms with Crippen LogP contribution in [0.3, 0.4) is 0 Å². The molecular formula is C26H31Cl2FN2O4S. The molecule has 4 rings (SSSR count). The number of carbonyl (C=O) groups excluding carboxylic acids is 1. The summed E-state index contributed by atoms with van der Waals surface area (Å²) in [6.07, 6.45) is 4.52. The number of nitrogens with zero attached hydrogens (tertiary/aromatic N) is 1. The number of likely N-dealkylation sites (tertiary alicyclic amines) is 1. The number of hydrogen-bond donors (Lipinski definition) is 1. The number of piperidine rings is 1. The lowest BCUT2D eigenvalue weighted by atomic mass is 9.80. The van der Waals surface area contributed by atoms with Crippen molar-refractivity contribution in [1.82, 2.24) is 9.62 Å². The quantitative estimate of drug-likeness (QED) is 0.435. The Bertz CT molecular complexity index is 1240. The number of sulfonamides is 1. The van der Waals surface area contributed by atoms with Gasteiger partial charge >= 0.3 is 0 Å². The number of rotatable bonds is 8. The van der Waals surface area contributed by atoms with Gasteiger partial charge in [0.05, 0.1) is 18.4 Å². The van der Waals surface area contributed by atoms with Crippen LogP contribution in [0.25, 0.3) is 0 Å². The second-order valence-corrected chi connectivity index (χ2v) is 13.0. The predicted octanol–water partition coefficient (Wildman–Crippen LogP) is 5.94. The van der Waals surface area contributed by atoms with Gasteiger partial charge in [0.2, 0.25) is 10.0 Å². The summed E-state index contributed by atoms with van der Waals surface area (Å²) in [6.45, 7) is 6.49. The van der Waals surface area contributed by atoms with Gasteiger partial charge in [-0.05, 0) is 87.0 Å². The summed E-state index contributed by atoms with van der Waals surface area (Å²) in [7, 11) is -3.80. The fourth-order valence-corrected chi connectivity index (χ4v) is 5.67. The first-order valence-electron chi connectivity index (χ1n) is 12.0. The molecule has 0 bridgehead atoms. The number of amides is 1. The molecule has 2 aromatic carbocycles. The first-order valence-corrected chi connectivity index (χ1v) is 14.7. The van der Waals surface area contributed by atoms with Crippen LogP contribution in [0.2, 0.25) is 10.0 Å². The summed E-state index contributed by atoms with van der Waals surface area (Å²) >= 11 is 12.4. The minimum Gasteiger partial charge on any atom is -0.493 e. The smallest absolute Gasteiger partial charge is 0.267 e. The molecule has 0 radical (unpaired) electrons. The lowest BCUT2D eigenvalue weighted by Gasteiger charge is -2.42. The summed E-state index contributed by atoms with van der Waals surface area (Å²) in [6, 6.07) is 8.45. The van der Waals surface area contributed by atoms with Crippen LogP contribution in [0, 0.1) is 11.2 Å². The van der Waals surface area contributed by atoms with Gasteiger partial charge in [-0.25, -0.2) is 17.5 Å². The van der Waals surface area contributed by atoms with Crippen molar-refractivity contribution >= 4 is 39.1 Å². The van der Waals surface area contributed by atoms with Crippen molar-refractivity contribution in [1.29, 1.82) is 0 Å². The number of carbonyl (C=O) groups is 1. The van der Waals surface area contributed by atoms with E-state index in [1.54, 1.807) is 6.07 Å². The SMILES string of the molecule is CC(c1cc(Cl)cc(Cl)c1)N1CCC(C)(COc2cc(F)c(C(=O)NS(C)(=O)=O)cc2C2CC2)CC1. The molecule has 2 aliphatic rings. The van der Waals surface area contributed by atoms with E-state index in [1.165, 1.54) is 12.1 Å². The van der Waals surface area contributed by atoms with E-state index in [0.29, 0.717) is 22.4 Å². The van der Waals surface area contributed by atoms with Gasteiger partial charge in [0.15, 0.2) is 0 Å². The van der Waals surface area contributed by atoms with E-state index in [-0.39, 0.29) is 22.9 Å². The Morgan fingerprint density at radius 1 is 1.17 bits per heavy atom. The van der Waals surface area contributed by atoms with Crippen LogP contribution in [0.4, 0.5) is 4.39 Å². The van der Waals surface area contributed by atoms with Gasteiger partial charge < -0.3 is 4.74 Å². The number of ether oxygens (including phenoxy) is 1. The molecule has 36 heavy (non-hydrogen) atoms. The number of nitrogens with one attached hydrogen (secondary N) is 1. The third kappa shape index (κ3) is 6.71. The molecule has 1 saturated carbocycles. The summed E-state index contributed by atoms with van der Waals surface area (Å²) in [5.41, 5.74) is 1.45. The molecule has 1 aliphatic heterocycles. The van der Waals surface area contributed by atoms with Crippen molar-refractivity contribution in [3.63, 3.8) is 0 Å². The Hall–Kier alpha value is -1.87. The molecule has 196 valence electrons. The Labute approximate surface area is 222 Å². The molecular weight excluding hydrogens is 526 g/mol. The normalized spacial score (nSPS) is 19.1. The fraction of sp³-hybridized carbons (Fsp3) is 0.500. The van der Waals surface area contributed by atoms with Crippen LogP contribution in [0.5, 0.6) is 5.75 Å². The molecule has 0 aromatic heterocycles. The van der Waals surface area contributed by atoms with E-state index in [9.17, 15) is 17.6 Å². The molecule has 0 spiro atoms. The highest BCUT2D eigenvalue weighted by Crippen LogP contribution is 2.46. The highest BCUT2D eigenvalue weighted by atomic mass is 35.5. The first-order chi connectivity index (χ1) is 16.8. The van der Waals surface area contributed by atoms with Gasteiger partial charge in [-0.1, -0.05) is 30.1 Å². The first kappa shape index (κ1) is 27.2. The average molecular weight is 558 g/mol. The Kier molecular flexibility index (Phi) is 7.91. The zero-order valence-corrected chi connectivity index (χ0v) is 22.9. The summed E-state index contributed by atoms with van der Waals surface area (Å²) < 4.78 is 45.6. The van der Waals surface area contributed by atoms with Crippen LogP contribution >= 0.6 is 23.2 Å². The molecule has 2 fully saturated rings. The zero-order chi connectivity index (χ0) is 26.3. The van der Waals surface area contributed by atoms with E-state index in [2.05, 4.69) is 18.7 Å². The maximum absolute atomic E-state index is 14.8. The minimum absolute atomic E-state index is 0.0914. The highest BCUT2D eigenvalue weighted by molar-refractivity contribution is 7.89. The third-order valence-electron chi connectivity index (χ3n) is 7.14. The maximum atomic E-state index is 14.8. The maximum Gasteiger partial charge on any atom is 0.267 e. The molecule has 1 unspecified atom stereocenters. The summed E-state index contributed by atoms with van der Waals surface area (Å²) in [4.78, 5) is 14.7. The lowest BCUT2D eigenvalue weighted by molar-refractivity contribution is 0.0510. The topological polar surface area (TPSA) is 75.7 Å². The van der Waals surface area contributed by atoms with E-state index < -0.39 is 21.7 Å². The van der Waals surface area contributed by atoms with Crippen molar-refractivity contribution in [3.05, 3.63) is 62.9 Å². The van der Waals surface area contributed by atoms with Crippen molar-refractivity contribution < 1.29 is 22.3 Å². The molecule has 1 N–H and O–H groups in total. The van der Waals surface area contributed by atoms with Crippen molar-refractivity contribution in [2.45, 2.75) is 51.5 Å². The van der Waals surface area contributed by atoms with Crippen molar-refractivity contribution in [2.75, 3.05) is 26.0 Å². The summed E-state index contributed by atoms with van der Waals surface area (Å²) in [5.74, 6) is -1.16. The van der Waals surface area contributed by atoms with Gasteiger partial charge in [0.25, 0.3) is 5.91 Å². The van der Waals surface area contributed by atoms with Gasteiger partial charge in [-0.15, -0.1) is 0 Å². The molecule has 1 atom stereocenters. The van der Waals surface area contributed by atoms with Gasteiger partial charge in [0, 0.05) is 27.6 Å². The van der Waals surface area contributed by atoms with Crippen molar-refractivity contribution in [3.8, 4) is 5.75 Å². The van der Waals surface area contributed by atoms with E-state index in [4.69, 9.17) is 27.9 Å². The molecule has 10 heteroatoms. The van der Waals surface area contributed by atoms with E-state index in [1.807, 2.05) is 16.9 Å². The highest BCUT2D eigenvalue weighted by Gasteiger charge is 2.35. The zero-order valence-electron chi connectivity index (χ0n) is 20.6. The lowest BCUT2D eigenvalue weighted by Crippen LogP contribution is -2.42. The monoisotopic (exact) mass is 556 g/mol. The number of benzene rings is 2. The third-order valence-corrected chi connectivity index (χ3v) is 8.13. The van der Waals surface area contributed by atoms with Crippen LogP contribution < -0.4 is 9.46 Å². The summed E-state index contributed by atoms with van der Waals surface area (Å²) in [5, 5.41) is 1.25. The largest absolute Gasteiger partial charge is 0.493 e. The molecule has 1 aliphatic carbocycles. The van der Waals surface area contributed by atoms with Crippen LogP contribution in [0.1, 0.15) is 73.0 Å². The Morgan fingerprint density at radius 2 is 1.78 bits per heavy atom. The standard InChI is InChI=1S/C26H31Cl2FN2O4S/c1-16(18-10-19(27)12-20(28)11-18)31-8-6-26(2,7-9-31)15-35-24-14-23(29)22(13-21(24)17-4-5-17)25(32)30-36(3,33)34/h10-14,16-17H,4-9,15H2,1-3H3,(H,30,32). The van der Waals surface area contributed by atoms with Crippen molar-refractivity contribution in [2.24, 2.45) is 5.41 Å². The van der Waals surface area contributed by atoms with E-state index in [0.717, 1.165) is 56.2 Å². The molecule has 2 aromatic rings. The van der Waals surface area contributed by atoms with Gasteiger partial charge in [0.1, 0.15) is 11.6 Å². The van der Waals surface area contributed by atoms with Crippen LogP contribution in [-0.2, 0) is 10.0 Å². The van der Waals surface area contributed by atoms with E-state index >= 15 is 0 Å². The second kappa shape index (κ2) is 10.5. The van der Waals surface area contributed by atoms with Crippen LogP contribution in [-0.4, -0.2) is 45.2 Å². The van der Waals surface area contributed by atoms with Crippen LogP contribution in [0.15, 0.2) is 30.3 Å². The molecule has 1 amide bonds. The van der Waals surface area contributed by atoms with Gasteiger partial charge in [-0.3, -0.25) is 9.69 Å². The number of hydrogen-bond acceptors (Lipinski definition) is 5.